The number of rotatable bonds is 1. The maximum absolute atomic E-state index is 11.8. The van der Waals surface area contributed by atoms with Crippen molar-refractivity contribution in [3.8, 4) is 0 Å². The molecule has 1 N–H and O–H groups in total. The van der Waals surface area contributed by atoms with E-state index in [1.165, 1.54) is 4.52 Å². The van der Waals surface area contributed by atoms with Crippen molar-refractivity contribution < 1.29 is 0 Å². The van der Waals surface area contributed by atoms with E-state index >= 15 is 0 Å². The molecule has 1 aliphatic rings. The van der Waals surface area contributed by atoms with E-state index in [1.807, 2.05) is 0 Å². The molecule has 0 aromatic carbocycles. The van der Waals surface area contributed by atoms with E-state index < -0.39 is 0 Å². The quantitative estimate of drug-likeness (QED) is 0.730. The average molecular weight is 246 g/mol. The molecule has 0 saturated carbocycles. The van der Waals surface area contributed by atoms with Crippen LogP contribution in [0.5, 0.6) is 0 Å². The van der Waals surface area contributed by atoms with Gasteiger partial charge in [0.2, 0.25) is 0 Å². The standard InChI is InChI=1S/C10H11BN4OS/c11-14-3-4-17-8(6-14)7-5-10(16)15-9(13-7)1-2-12-15/h1-2,5,8,12H,3-4,6H2. The molecule has 0 bridgehead atoms. The molecule has 5 nitrogen and oxygen atoms in total. The summed E-state index contributed by atoms with van der Waals surface area (Å²) in [6.07, 6.45) is 1.71. The highest BCUT2D eigenvalue weighted by Gasteiger charge is 2.21. The molecule has 1 unspecified atom stereocenters. The monoisotopic (exact) mass is 246 g/mol. The van der Waals surface area contributed by atoms with E-state index in [0.717, 1.165) is 24.5 Å². The van der Waals surface area contributed by atoms with Crippen LogP contribution in [-0.4, -0.2) is 46.2 Å². The van der Waals surface area contributed by atoms with Crippen molar-refractivity contribution in [1.29, 1.82) is 0 Å². The molecule has 2 radical (unpaired) electrons. The van der Waals surface area contributed by atoms with Crippen LogP contribution < -0.4 is 5.56 Å². The first-order valence-electron chi connectivity index (χ1n) is 5.42. The highest BCUT2D eigenvalue weighted by Crippen LogP contribution is 2.30. The van der Waals surface area contributed by atoms with Crippen LogP contribution in [0.4, 0.5) is 0 Å². The van der Waals surface area contributed by atoms with Crippen molar-refractivity contribution >= 4 is 25.4 Å². The molecule has 0 aliphatic carbocycles. The number of aromatic nitrogens is 3. The lowest BCUT2D eigenvalue weighted by molar-refractivity contribution is 0.464. The Morgan fingerprint density at radius 3 is 3.29 bits per heavy atom. The Morgan fingerprint density at radius 1 is 1.59 bits per heavy atom. The molecular weight excluding hydrogens is 235 g/mol. The first-order valence-corrected chi connectivity index (χ1v) is 6.47. The number of nitrogens with zero attached hydrogens (tertiary/aromatic N) is 3. The maximum Gasteiger partial charge on any atom is 0.272 e. The van der Waals surface area contributed by atoms with E-state index in [2.05, 4.69) is 10.1 Å². The fourth-order valence-electron chi connectivity index (χ4n) is 1.96. The van der Waals surface area contributed by atoms with Crippen LogP contribution in [0.3, 0.4) is 0 Å². The van der Waals surface area contributed by atoms with Gasteiger partial charge in [0.1, 0.15) is 0 Å². The third kappa shape index (κ3) is 2.00. The minimum Gasteiger partial charge on any atom is -0.352 e. The van der Waals surface area contributed by atoms with E-state index in [4.69, 9.17) is 7.98 Å². The van der Waals surface area contributed by atoms with Crippen molar-refractivity contribution in [3.05, 3.63) is 34.4 Å². The maximum atomic E-state index is 11.8. The lowest BCUT2D eigenvalue weighted by Gasteiger charge is -2.29. The van der Waals surface area contributed by atoms with Gasteiger partial charge in [0.05, 0.1) is 10.9 Å². The third-order valence-electron chi connectivity index (χ3n) is 2.83. The normalized spacial score (nSPS) is 22.0. The van der Waals surface area contributed by atoms with Gasteiger partial charge < -0.3 is 4.81 Å². The van der Waals surface area contributed by atoms with Crippen LogP contribution >= 0.6 is 11.8 Å². The minimum absolute atomic E-state index is 0.0789. The number of aromatic amines is 1. The molecule has 1 saturated heterocycles. The second kappa shape index (κ2) is 4.23. The Kier molecular flexibility index (Phi) is 2.72. The van der Waals surface area contributed by atoms with Gasteiger partial charge in [-0.05, 0) is 6.54 Å². The fraction of sp³-hybridized carbons (Fsp3) is 0.400. The summed E-state index contributed by atoms with van der Waals surface area (Å²) in [5.74, 6) is 0.968. The summed E-state index contributed by atoms with van der Waals surface area (Å²) >= 11 is 1.80. The molecule has 86 valence electrons. The van der Waals surface area contributed by atoms with Gasteiger partial charge in [0, 0.05) is 30.6 Å². The number of hydrogen-bond acceptors (Lipinski definition) is 4. The molecule has 0 amide bonds. The van der Waals surface area contributed by atoms with Crippen LogP contribution in [0.15, 0.2) is 23.1 Å². The topological polar surface area (TPSA) is 53.4 Å². The molecule has 3 heterocycles. The molecule has 7 heteroatoms. The lowest BCUT2D eigenvalue weighted by atomic mass is 10.2. The van der Waals surface area contributed by atoms with Crippen molar-refractivity contribution in [2.45, 2.75) is 5.25 Å². The van der Waals surface area contributed by atoms with Crippen LogP contribution in [0.2, 0.25) is 0 Å². The minimum atomic E-state index is -0.0789. The molecular formula is C10H11BN4OS. The number of hydrogen-bond donors (Lipinski definition) is 1. The smallest absolute Gasteiger partial charge is 0.272 e. The highest BCUT2D eigenvalue weighted by atomic mass is 32.2. The Bertz CT molecular complexity index is 595. The molecule has 17 heavy (non-hydrogen) atoms. The average Bonchev–Trinajstić information content (AvgIpc) is 2.77. The molecule has 2 aromatic rings. The molecule has 0 spiro atoms. The SMILES string of the molecule is [B]N1CCSC(c2cc(=O)n3[nH]ccc3n2)C1. The Hall–Kier alpha value is -1.21. The van der Waals surface area contributed by atoms with E-state index in [9.17, 15) is 4.79 Å². The van der Waals surface area contributed by atoms with Gasteiger partial charge in [0.15, 0.2) is 13.6 Å². The van der Waals surface area contributed by atoms with Crippen molar-refractivity contribution in [2.75, 3.05) is 18.8 Å². The summed E-state index contributed by atoms with van der Waals surface area (Å²) in [4.78, 5) is 18.1. The van der Waals surface area contributed by atoms with Crippen molar-refractivity contribution in [3.63, 3.8) is 0 Å². The fourth-order valence-corrected chi connectivity index (χ4v) is 3.17. The van der Waals surface area contributed by atoms with Gasteiger partial charge in [-0.1, -0.05) is 0 Å². The first kappa shape index (κ1) is 10.9. The molecule has 1 atom stereocenters. The van der Waals surface area contributed by atoms with E-state index in [0.29, 0.717) is 5.65 Å². The molecule has 1 aliphatic heterocycles. The van der Waals surface area contributed by atoms with Crippen LogP contribution in [0, 0.1) is 0 Å². The summed E-state index contributed by atoms with van der Waals surface area (Å²) in [6.45, 7) is 1.62. The summed E-state index contributed by atoms with van der Waals surface area (Å²) in [6, 6.07) is 3.37. The summed E-state index contributed by atoms with van der Waals surface area (Å²) in [5.41, 5.74) is 1.39. The molecule has 2 aromatic heterocycles. The van der Waals surface area contributed by atoms with Gasteiger partial charge >= 0.3 is 0 Å². The summed E-state index contributed by atoms with van der Waals surface area (Å²) < 4.78 is 1.43. The zero-order valence-corrected chi connectivity index (χ0v) is 9.98. The van der Waals surface area contributed by atoms with Gasteiger partial charge in [-0.3, -0.25) is 9.89 Å². The van der Waals surface area contributed by atoms with Gasteiger partial charge in [-0.15, -0.1) is 11.8 Å². The molecule has 1 fully saturated rings. The molecule has 3 rings (SSSR count). The second-order valence-electron chi connectivity index (χ2n) is 4.03. The lowest BCUT2D eigenvalue weighted by Crippen LogP contribution is -2.33. The predicted octanol–water partition coefficient (Wildman–Crippen LogP) is 0.196. The Balaban J connectivity index is 2.02. The largest absolute Gasteiger partial charge is 0.352 e. The summed E-state index contributed by atoms with van der Waals surface area (Å²) in [5, 5.41) is 3.01. The van der Waals surface area contributed by atoms with Crippen molar-refractivity contribution in [2.24, 2.45) is 0 Å². The Labute approximate surface area is 104 Å². The van der Waals surface area contributed by atoms with Gasteiger partial charge in [-0.25, -0.2) is 9.50 Å². The number of thioether (sulfide) groups is 1. The van der Waals surface area contributed by atoms with Crippen LogP contribution in [0.1, 0.15) is 10.9 Å². The third-order valence-corrected chi connectivity index (χ3v) is 4.04. The zero-order chi connectivity index (χ0) is 11.8. The van der Waals surface area contributed by atoms with Crippen LogP contribution in [-0.2, 0) is 0 Å². The van der Waals surface area contributed by atoms with Gasteiger partial charge in [-0.2, -0.15) is 0 Å². The number of nitrogens with one attached hydrogen (secondary N) is 1. The number of fused-ring (bicyclic) bond motifs is 1. The second-order valence-corrected chi connectivity index (χ2v) is 5.34. The van der Waals surface area contributed by atoms with Crippen molar-refractivity contribution in [1.82, 2.24) is 19.4 Å². The van der Waals surface area contributed by atoms with Crippen LogP contribution in [0.25, 0.3) is 5.65 Å². The predicted molar refractivity (Wildman–Crippen MR) is 68.3 cm³/mol. The number of H-pyrrole nitrogens is 1. The van der Waals surface area contributed by atoms with Gasteiger partial charge in [0.25, 0.3) is 5.56 Å². The summed E-state index contributed by atoms with van der Waals surface area (Å²) in [7, 11) is 5.80. The zero-order valence-electron chi connectivity index (χ0n) is 9.17. The highest BCUT2D eigenvalue weighted by molar-refractivity contribution is 7.99. The first-order chi connectivity index (χ1) is 8.24. The van der Waals surface area contributed by atoms with E-state index in [1.54, 1.807) is 34.9 Å². The Morgan fingerprint density at radius 2 is 2.47 bits per heavy atom. The van der Waals surface area contributed by atoms with E-state index in [-0.39, 0.29) is 10.8 Å².